The number of nitrogens with zero attached hydrogens (tertiary/aromatic N) is 5. The van der Waals surface area contributed by atoms with Crippen LogP contribution in [0.25, 0.3) is 22.2 Å². The van der Waals surface area contributed by atoms with E-state index in [1.54, 1.807) is 0 Å². The lowest BCUT2D eigenvalue weighted by atomic mass is 10.0. The van der Waals surface area contributed by atoms with Crippen LogP contribution in [0.3, 0.4) is 0 Å². The Morgan fingerprint density at radius 3 is 2.50 bits per heavy atom. The zero-order valence-electron chi connectivity index (χ0n) is 15.3. The molecule has 0 bridgehead atoms. The zero-order valence-corrected chi connectivity index (χ0v) is 15.3. The van der Waals surface area contributed by atoms with Crippen LogP contribution >= 0.6 is 0 Å². The molecule has 5 rings (SSSR count). The maximum atomic E-state index is 6.10. The molecular formula is C20H24N6. The van der Waals surface area contributed by atoms with Crippen molar-refractivity contribution >= 4 is 16.7 Å². The summed E-state index contributed by atoms with van der Waals surface area (Å²) in [5.41, 5.74) is 10.3. The van der Waals surface area contributed by atoms with Crippen LogP contribution in [0.5, 0.6) is 0 Å². The first-order valence-corrected chi connectivity index (χ1v) is 9.36. The molecule has 3 heterocycles. The highest BCUT2D eigenvalue weighted by molar-refractivity contribution is 5.88. The highest BCUT2D eigenvalue weighted by Crippen LogP contribution is 2.38. The summed E-state index contributed by atoms with van der Waals surface area (Å²) in [5, 5.41) is 14.7. The van der Waals surface area contributed by atoms with E-state index in [1.165, 1.54) is 10.9 Å². The maximum Gasteiger partial charge on any atom is 0.151 e. The van der Waals surface area contributed by atoms with Crippen LogP contribution < -0.4 is 10.6 Å². The summed E-state index contributed by atoms with van der Waals surface area (Å²) in [6.07, 6.45) is 4.36. The summed E-state index contributed by atoms with van der Waals surface area (Å²) in [7, 11) is 1.95. The van der Waals surface area contributed by atoms with E-state index in [0.717, 1.165) is 60.4 Å². The van der Waals surface area contributed by atoms with E-state index >= 15 is 0 Å². The summed E-state index contributed by atoms with van der Waals surface area (Å²) >= 11 is 0. The molecule has 1 aromatic carbocycles. The van der Waals surface area contributed by atoms with Crippen molar-refractivity contribution in [2.45, 2.75) is 25.8 Å². The van der Waals surface area contributed by atoms with Crippen molar-refractivity contribution < 1.29 is 0 Å². The zero-order chi connectivity index (χ0) is 17.8. The summed E-state index contributed by atoms with van der Waals surface area (Å²) in [6, 6.07) is 8.74. The SMILES string of the molecule is Cc1c(-c2ccc(N3C[C@H]4CC(N)C[C@@H]4C3)nn2)ccc2nn(C)cc12. The first-order chi connectivity index (χ1) is 12.6. The van der Waals surface area contributed by atoms with Crippen molar-refractivity contribution in [3.05, 3.63) is 36.0 Å². The smallest absolute Gasteiger partial charge is 0.151 e. The van der Waals surface area contributed by atoms with Gasteiger partial charge in [-0.1, -0.05) is 6.07 Å². The monoisotopic (exact) mass is 348 g/mol. The van der Waals surface area contributed by atoms with Gasteiger partial charge in [0.05, 0.1) is 11.2 Å². The summed E-state index contributed by atoms with van der Waals surface area (Å²) in [6.45, 7) is 4.25. The molecular weight excluding hydrogens is 324 g/mol. The molecule has 1 saturated heterocycles. The molecule has 3 aromatic rings. The average molecular weight is 348 g/mol. The fraction of sp³-hybridized carbons (Fsp3) is 0.450. The van der Waals surface area contributed by atoms with Crippen molar-refractivity contribution in [1.82, 2.24) is 20.0 Å². The molecule has 1 saturated carbocycles. The minimum atomic E-state index is 0.394. The van der Waals surface area contributed by atoms with Gasteiger partial charge in [0.2, 0.25) is 0 Å². The number of hydrogen-bond acceptors (Lipinski definition) is 5. The van der Waals surface area contributed by atoms with E-state index < -0.39 is 0 Å². The minimum Gasteiger partial charge on any atom is -0.355 e. The highest BCUT2D eigenvalue weighted by atomic mass is 15.3. The van der Waals surface area contributed by atoms with Crippen molar-refractivity contribution in [1.29, 1.82) is 0 Å². The molecule has 2 aliphatic rings. The Kier molecular flexibility index (Phi) is 3.50. The standard InChI is InChI=1S/C20H24N6/c1-12-16(3-4-19-17(12)11-25(2)24-19)18-5-6-20(23-22-18)26-9-13-7-15(21)8-14(13)10-26/h3-6,11,13-15H,7-10,21H2,1-2H3/t13-,14-/m1/s1. The van der Waals surface area contributed by atoms with E-state index in [-0.39, 0.29) is 0 Å². The van der Waals surface area contributed by atoms with Crippen LogP contribution in [0.15, 0.2) is 30.5 Å². The van der Waals surface area contributed by atoms with E-state index in [2.05, 4.69) is 57.6 Å². The fourth-order valence-electron chi connectivity index (χ4n) is 4.80. The topological polar surface area (TPSA) is 72.9 Å². The van der Waals surface area contributed by atoms with E-state index in [9.17, 15) is 0 Å². The van der Waals surface area contributed by atoms with Crippen LogP contribution in [0, 0.1) is 18.8 Å². The van der Waals surface area contributed by atoms with Crippen molar-refractivity contribution in [3.8, 4) is 11.3 Å². The van der Waals surface area contributed by atoms with E-state index in [0.29, 0.717) is 6.04 Å². The number of aromatic nitrogens is 4. The molecule has 0 amide bonds. The molecule has 0 spiro atoms. The van der Waals surface area contributed by atoms with Crippen molar-refractivity contribution in [3.63, 3.8) is 0 Å². The molecule has 1 aliphatic heterocycles. The average Bonchev–Trinajstić information content (AvgIpc) is 3.27. The van der Waals surface area contributed by atoms with Gasteiger partial charge in [0.25, 0.3) is 0 Å². The summed E-state index contributed by atoms with van der Waals surface area (Å²) in [4.78, 5) is 2.37. The molecule has 26 heavy (non-hydrogen) atoms. The van der Waals surface area contributed by atoms with Crippen molar-refractivity contribution in [2.24, 2.45) is 24.6 Å². The minimum absolute atomic E-state index is 0.394. The Bertz CT molecular complexity index is 946. The Morgan fingerprint density at radius 1 is 1.04 bits per heavy atom. The fourth-order valence-corrected chi connectivity index (χ4v) is 4.80. The Morgan fingerprint density at radius 2 is 1.81 bits per heavy atom. The van der Waals surface area contributed by atoms with E-state index in [1.807, 2.05) is 11.7 Å². The van der Waals surface area contributed by atoms with Gasteiger partial charge >= 0.3 is 0 Å². The second-order valence-corrected chi connectivity index (χ2v) is 7.91. The molecule has 2 atom stereocenters. The van der Waals surface area contributed by atoms with Gasteiger partial charge in [-0.25, -0.2) is 0 Å². The van der Waals surface area contributed by atoms with Gasteiger partial charge in [-0.3, -0.25) is 4.68 Å². The first kappa shape index (κ1) is 15.8. The number of nitrogens with two attached hydrogens (primary N) is 1. The third-order valence-electron chi connectivity index (χ3n) is 6.11. The molecule has 134 valence electrons. The number of benzene rings is 1. The number of aryl methyl sites for hydroxylation is 2. The lowest BCUT2D eigenvalue weighted by Crippen LogP contribution is -2.25. The molecule has 6 heteroatoms. The lowest BCUT2D eigenvalue weighted by molar-refractivity contribution is 0.494. The third-order valence-corrected chi connectivity index (χ3v) is 6.11. The van der Waals surface area contributed by atoms with Crippen molar-refractivity contribution in [2.75, 3.05) is 18.0 Å². The molecule has 2 aromatic heterocycles. The second-order valence-electron chi connectivity index (χ2n) is 7.91. The summed E-state index contributed by atoms with van der Waals surface area (Å²) < 4.78 is 1.85. The predicted molar refractivity (Wildman–Crippen MR) is 103 cm³/mol. The van der Waals surface area contributed by atoms with Gasteiger partial charge in [0.1, 0.15) is 0 Å². The Hall–Kier alpha value is -2.47. The summed E-state index contributed by atoms with van der Waals surface area (Å²) in [5.74, 6) is 2.43. The predicted octanol–water partition coefficient (Wildman–Crippen LogP) is 2.51. The van der Waals surface area contributed by atoms with Gasteiger partial charge in [0.15, 0.2) is 5.82 Å². The largest absolute Gasteiger partial charge is 0.355 e. The maximum absolute atomic E-state index is 6.10. The Labute approximate surface area is 153 Å². The number of rotatable bonds is 2. The van der Waals surface area contributed by atoms with Crippen LogP contribution in [0.2, 0.25) is 0 Å². The van der Waals surface area contributed by atoms with E-state index in [4.69, 9.17) is 5.73 Å². The quantitative estimate of drug-likeness (QED) is 0.770. The molecule has 6 nitrogen and oxygen atoms in total. The van der Waals surface area contributed by atoms with Gasteiger partial charge in [-0.05, 0) is 55.4 Å². The molecule has 1 aliphatic carbocycles. The van der Waals surface area contributed by atoms with Gasteiger partial charge in [-0.15, -0.1) is 10.2 Å². The normalized spacial score (nSPS) is 23.1. The number of anilines is 1. The van der Waals surface area contributed by atoms with Gasteiger partial charge in [-0.2, -0.15) is 5.10 Å². The van der Waals surface area contributed by atoms with Crippen LogP contribution in [0.4, 0.5) is 5.82 Å². The third kappa shape index (κ3) is 2.48. The Balaban J connectivity index is 1.41. The molecule has 0 radical (unpaired) electrons. The van der Waals surface area contributed by atoms with Crippen LogP contribution in [-0.4, -0.2) is 39.1 Å². The van der Waals surface area contributed by atoms with Crippen LogP contribution in [-0.2, 0) is 7.05 Å². The molecule has 2 fully saturated rings. The number of fused-ring (bicyclic) bond motifs is 2. The van der Waals surface area contributed by atoms with Gasteiger partial charge in [0, 0.05) is 43.3 Å². The highest BCUT2D eigenvalue weighted by Gasteiger charge is 2.40. The van der Waals surface area contributed by atoms with Crippen LogP contribution in [0.1, 0.15) is 18.4 Å². The molecule has 2 N–H and O–H groups in total. The van der Waals surface area contributed by atoms with Gasteiger partial charge < -0.3 is 10.6 Å². The second kappa shape index (κ2) is 5.77. The molecule has 0 unspecified atom stereocenters. The number of hydrogen-bond donors (Lipinski definition) is 1. The first-order valence-electron chi connectivity index (χ1n) is 9.36. The lowest BCUT2D eigenvalue weighted by Gasteiger charge is -2.18.